The lowest BCUT2D eigenvalue weighted by Gasteiger charge is -2.27. The second-order valence-electron chi connectivity index (χ2n) is 7.63. The molecule has 0 aromatic carbocycles. The number of allylic oxidation sites excluding steroid dienone is 1. The monoisotopic (exact) mass is 350 g/mol. The molecule has 1 aliphatic carbocycles. The molecule has 7 heteroatoms. The Kier molecular flexibility index (Phi) is 5.65. The highest BCUT2D eigenvalue weighted by atomic mass is 16.6. The van der Waals surface area contributed by atoms with Crippen molar-refractivity contribution in [1.82, 2.24) is 10.6 Å². The van der Waals surface area contributed by atoms with E-state index in [1.165, 1.54) is 0 Å². The first-order valence-electron chi connectivity index (χ1n) is 8.67. The fourth-order valence-electron chi connectivity index (χ4n) is 3.14. The van der Waals surface area contributed by atoms with Crippen LogP contribution in [0.1, 0.15) is 53.4 Å². The predicted molar refractivity (Wildman–Crippen MR) is 90.5 cm³/mol. The lowest BCUT2D eigenvalue weighted by molar-refractivity contribution is -0.133. The molecular formula is C18H26N2O5. The molecule has 138 valence electrons. The van der Waals surface area contributed by atoms with E-state index in [4.69, 9.17) is 4.74 Å². The molecule has 0 bridgehead atoms. The van der Waals surface area contributed by atoms with Crippen LogP contribution in [0.2, 0.25) is 0 Å². The third-order valence-corrected chi connectivity index (χ3v) is 4.39. The van der Waals surface area contributed by atoms with E-state index in [0.29, 0.717) is 6.42 Å². The molecule has 2 rings (SSSR count). The number of hydrogen-bond acceptors (Lipinski definition) is 5. The molecule has 0 saturated carbocycles. The van der Waals surface area contributed by atoms with Crippen molar-refractivity contribution in [2.45, 2.75) is 65.0 Å². The summed E-state index contributed by atoms with van der Waals surface area (Å²) < 4.78 is 5.25. The first-order chi connectivity index (χ1) is 11.6. The highest BCUT2D eigenvalue weighted by Gasteiger charge is 2.46. The third kappa shape index (κ3) is 4.67. The standard InChI is InChI=1S/C18H26N2O5/c1-10-12(16(23)20-15(10)22)14(21)13(11-8-6-5-7-9-11)19-17(24)25-18(2,3)4/h8,10,12-13H,5-7,9H2,1-4H3,(H,19,24)(H,20,22,23)/t10-,12+,13?/m0/s1. The van der Waals surface area contributed by atoms with Crippen molar-refractivity contribution in [3.8, 4) is 0 Å². The van der Waals surface area contributed by atoms with Crippen molar-refractivity contribution in [2.24, 2.45) is 11.8 Å². The molecule has 1 aliphatic heterocycles. The Bertz CT molecular complexity index is 617. The molecule has 2 aliphatic rings. The van der Waals surface area contributed by atoms with Crippen LogP contribution in [0.5, 0.6) is 0 Å². The number of carbonyl (C=O) groups is 4. The lowest BCUT2D eigenvalue weighted by atomic mass is 9.83. The zero-order valence-electron chi connectivity index (χ0n) is 15.2. The van der Waals surface area contributed by atoms with Gasteiger partial charge in [0.2, 0.25) is 11.8 Å². The maximum Gasteiger partial charge on any atom is 0.408 e. The van der Waals surface area contributed by atoms with E-state index in [0.717, 1.165) is 24.8 Å². The van der Waals surface area contributed by atoms with Gasteiger partial charge in [-0.2, -0.15) is 0 Å². The minimum absolute atomic E-state index is 0.461. The second-order valence-corrected chi connectivity index (χ2v) is 7.63. The highest BCUT2D eigenvalue weighted by molar-refractivity contribution is 6.17. The zero-order chi connectivity index (χ0) is 18.8. The van der Waals surface area contributed by atoms with E-state index in [2.05, 4.69) is 10.6 Å². The molecule has 2 N–H and O–H groups in total. The van der Waals surface area contributed by atoms with Crippen LogP contribution in [0.3, 0.4) is 0 Å². The summed E-state index contributed by atoms with van der Waals surface area (Å²) in [4.78, 5) is 48.9. The minimum Gasteiger partial charge on any atom is -0.444 e. The van der Waals surface area contributed by atoms with Gasteiger partial charge in [-0.3, -0.25) is 19.7 Å². The highest BCUT2D eigenvalue weighted by Crippen LogP contribution is 2.27. The average Bonchev–Trinajstić information content (AvgIpc) is 2.76. The van der Waals surface area contributed by atoms with Gasteiger partial charge in [-0.05, 0) is 52.0 Å². The normalized spacial score (nSPS) is 25.0. The molecule has 0 spiro atoms. The number of ketones is 1. The van der Waals surface area contributed by atoms with E-state index in [9.17, 15) is 19.2 Å². The molecule has 0 aromatic heterocycles. The van der Waals surface area contributed by atoms with E-state index in [-0.39, 0.29) is 0 Å². The summed E-state index contributed by atoms with van der Waals surface area (Å²) in [7, 11) is 0. The second kappa shape index (κ2) is 7.37. The number of hydrogen-bond donors (Lipinski definition) is 2. The van der Waals surface area contributed by atoms with Crippen LogP contribution in [-0.2, 0) is 19.1 Å². The Balaban J connectivity index is 2.23. The van der Waals surface area contributed by atoms with Gasteiger partial charge in [0, 0.05) is 0 Å². The van der Waals surface area contributed by atoms with Crippen LogP contribution in [0, 0.1) is 11.8 Å². The van der Waals surface area contributed by atoms with Crippen molar-refractivity contribution < 1.29 is 23.9 Å². The van der Waals surface area contributed by atoms with Crippen LogP contribution < -0.4 is 10.6 Å². The lowest BCUT2D eigenvalue weighted by Crippen LogP contribution is -2.48. The first kappa shape index (κ1) is 19.1. The van der Waals surface area contributed by atoms with Crippen LogP contribution in [0.15, 0.2) is 11.6 Å². The molecule has 3 atom stereocenters. The van der Waals surface area contributed by atoms with Gasteiger partial charge in [0.05, 0.1) is 5.92 Å². The van der Waals surface area contributed by atoms with Gasteiger partial charge in [0.25, 0.3) is 0 Å². The van der Waals surface area contributed by atoms with Crippen molar-refractivity contribution in [3.63, 3.8) is 0 Å². The Hall–Kier alpha value is -2.18. The fraction of sp³-hybridized carbons (Fsp3) is 0.667. The average molecular weight is 350 g/mol. The quantitative estimate of drug-likeness (QED) is 0.458. The first-order valence-corrected chi connectivity index (χ1v) is 8.67. The van der Waals surface area contributed by atoms with Gasteiger partial charge in [-0.1, -0.05) is 13.0 Å². The SMILES string of the molecule is C[C@@H]1C(=O)NC(=O)[C@H]1C(=O)C(NC(=O)OC(C)(C)C)C1=CCCCC1. The summed E-state index contributed by atoms with van der Waals surface area (Å²) in [6, 6.07) is -0.945. The number of imide groups is 1. The van der Waals surface area contributed by atoms with Crippen LogP contribution in [0.4, 0.5) is 4.79 Å². The van der Waals surface area contributed by atoms with Crippen molar-refractivity contribution >= 4 is 23.7 Å². The summed E-state index contributed by atoms with van der Waals surface area (Å²) in [6.45, 7) is 6.74. The van der Waals surface area contributed by atoms with Crippen LogP contribution >= 0.6 is 0 Å². The number of nitrogens with one attached hydrogen (secondary N) is 2. The summed E-state index contributed by atoms with van der Waals surface area (Å²) in [6.07, 6.45) is 4.65. The molecule has 1 unspecified atom stereocenters. The Morgan fingerprint density at radius 1 is 1.24 bits per heavy atom. The van der Waals surface area contributed by atoms with E-state index < -0.39 is 47.2 Å². The van der Waals surface area contributed by atoms with Gasteiger partial charge in [-0.25, -0.2) is 4.79 Å². The molecule has 7 nitrogen and oxygen atoms in total. The number of carbonyl (C=O) groups excluding carboxylic acids is 4. The topological polar surface area (TPSA) is 102 Å². The van der Waals surface area contributed by atoms with E-state index in [1.54, 1.807) is 27.7 Å². The molecule has 0 radical (unpaired) electrons. The van der Waals surface area contributed by atoms with Gasteiger partial charge in [-0.15, -0.1) is 0 Å². The van der Waals surface area contributed by atoms with E-state index in [1.807, 2.05) is 6.08 Å². The number of ether oxygens (including phenoxy) is 1. The maximum absolute atomic E-state index is 13.0. The number of amides is 3. The molecule has 3 amide bonds. The molecule has 1 fully saturated rings. The molecule has 0 aromatic rings. The number of Topliss-reactive ketones (excluding diaryl/α,β-unsaturated/α-hetero) is 1. The molecular weight excluding hydrogens is 324 g/mol. The van der Waals surface area contributed by atoms with Crippen LogP contribution in [-0.4, -0.2) is 35.3 Å². The smallest absolute Gasteiger partial charge is 0.408 e. The number of alkyl carbamates (subject to hydrolysis) is 1. The summed E-state index contributed by atoms with van der Waals surface area (Å²) in [5.74, 6) is -3.36. The van der Waals surface area contributed by atoms with Crippen LogP contribution in [0.25, 0.3) is 0 Å². The Labute approximate surface area is 147 Å². The Morgan fingerprint density at radius 3 is 2.40 bits per heavy atom. The zero-order valence-corrected chi connectivity index (χ0v) is 15.2. The van der Waals surface area contributed by atoms with Gasteiger partial charge in [0.15, 0.2) is 5.78 Å². The Morgan fingerprint density at radius 2 is 1.92 bits per heavy atom. The molecule has 25 heavy (non-hydrogen) atoms. The minimum atomic E-state index is -1.09. The summed E-state index contributed by atoms with van der Waals surface area (Å²) in [5.41, 5.74) is 0.0774. The van der Waals surface area contributed by atoms with Crippen molar-refractivity contribution in [2.75, 3.05) is 0 Å². The predicted octanol–water partition coefficient (Wildman–Crippen LogP) is 1.86. The van der Waals surface area contributed by atoms with Gasteiger partial charge >= 0.3 is 6.09 Å². The molecule has 1 heterocycles. The summed E-state index contributed by atoms with van der Waals surface area (Å²) >= 11 is 0. The van der Waals surface area contributed by atoms with Gasteiger partial charge < -0.3 is 10.1 Å². The van der Waals surface area contributed by atoms with Crippen molar-refractivity contribution in [1.29, 1.82) is 0 Å². The molecule has 1 saturated heterocycles. The van der Waals surface area contributed by atoms with Gasteiger partial charge in [0.1, 0.15) is 17.6 Å². The van der Waals surface area contributed by atoms with Crippen molar-refractivity contribution in [3.05, 3.63) is 11.6 Å². The third-order valence-electron chi connectivity index (χ3n) is 4.39. The largest absolute Gasteiger partial charge is 0.444 e. The fourth-order valence-corrected chi connectivity index (χ4v) is 3.14. The number of rotatable bonds is 4. The summed E-state index contributed by atoms with van der Waals surface area (Å²) in [5, 5.41) is 4.79. The van der Waals surface area contributed by atoms with E-state index >= 15 is 0 Å². The maximum atomic E-state index is 13.0.